The molecule has 43 heavy (non-hydrogen) atoms. The van der Waals surface area contributed by atoms with E-state index in [9.17, 15) is 18.8 Å². The summed E-state index contributed by atoms with van der Waals surface area (Å²) in [5.74, 6) is 1.06. The molecule has 3 amide bonds. The summed E-state index contributed by atoms with van der Waals surface area (Å²) in [5, 5.41) is 2.30. The number of imide groups is 1. The highest BCUT2D eigenvalue weighted by atomic mass is 19.1. The summed E-state index contributed by atoms with van der Waals surface area (Å²) in [4.78, 5) is 42.6. The number of benzene rings is 3. The zero-order valence-corrected chi connectivity index (χ0v) is 23.4. The van der Waals surface area contributed by atoms with E-state index in [2.05, 4.69) is 16.1 Å². The maximum atomic E-state index is 15.1. The topological polar surface area (TPSA) is 82.2 Å². The van der Waals surface area contributed by atoms with Crippen LogP contribution >= 0.6 is 0 Å². The van der Waals surface area contributed by atoms with Gasteiger partial charge in [-0.1, -0.05) is 24.1 Å². The number of terminal acetylenes is 1. The second-order valence-electron chi connectivity index (χ2n) is 11.0. The molecule has 2 saturated heterocycles. The highest BCUT2D eigenvalue weighted by molar-refractivity contribution is 6.05. The molecular weight excluding hydrogens is 554 g/mol. The monoisotopic (exact) mass is 584 g/mol. The number of piperazine rings is 1. The number of amides is 3. The molecule has 0 bridgehead atoms. The van der Waals surface area contributed by atoms with Crippen LogP contribution in [0.4, 0.5) is 14.5 Å². The number of piperidine rings is 1. The second-order valence-corrected chi connectivity index (χ2v) is 11.0. The largest absolute Gasteiger partial charge is 0.488 e. The van der Waals surface area contributed by atoms with Crippen LogP contribution in [0, 0.1) is 24.0 Å². The van der Waals surface area contributed by atoms with Gasteiger partial charge < -0.3 is 14.5 Å². The van der Waals surface area contributed by atoms with Crippen LogP contribution in [0.25, 0.3) is 0 Å². The number of nitrogens with one attached hydrogen (secondary N) is 1. The number of hydrogen-bond donors (Lipinski definition) is 1. The van der Waals surface area contributed by atoms with E-state index in [0.29, 0.717) is 66.4 Å². The molecule has 3 aliphatic heterocycles. The van der Waals surface area contributed by atoms with Gasteiger partial charge >= 0.3 is 0 Å². The number of halogens is 2. The normalized spacial score (nSPS) is 18.8. The summed E-state index contributed by atoms with van der Waals surface area (Å²) in [6.07, 6.45) is 5.80. The van der Waals surface area contributed by atoms with E-state index in [1.54, 1.807) is 36.4 Å². The number of anilines is 1. The van der Waals surface area contributed by atoms with Crippen molar-refractivity contribution in [2.45, 2.75) is 38.6 Å². The summed E-state index contributed by atoms with van der Waals surface area (Å²) < 4.78 is 35.6. The summed E-state index contributed by atoms with van der Waals surface area (Å²) >= 11 is 0. The van der Waals surface area contributed by atoms with Crippen molar-refractivity contribution < 1.29 is 27.9 Å². The lowest BCUT2D eigenvalue weighted by Gasteiger charge is -2.36. The van der Waals surface area contributed by atoms with E-state index < -0.39 is 11.9 Å². The first kappa shape index (κ1) is 28.4. The van der Waals surface area contributed by atoms with Gasteiger partial charge in [-0.05, 0) is 48.4 Å². The lowest BCUT2D eigenvalue weighted by molar-refractivity contribution is -0.136. The highest BCUT2D eigenvalue weighted by Crippen LogP contribution is 2.34. The Kier molecular flexibility index (Phi) is 7.82. The first-order chi connectivity index (χ1) is 20.8. The van der Waals surface area contributed by atoms with E-state index in [0.717, 1.165) is 5.56 Å². The summed E-state index contributed by atoms with van der Waals surface area (Å²) in [5.41, 5.74) is 3.32. The number of fused-ring (bicyclic) bond motifs is 1. The Morgan fingerprint density at radius 2 is 1.79 bits per heavy atom. The van der Waals surface area contributed by atoms with Gasteiger partial charge in [0.1, 0.15) is 30.0 Å². The van der Waals surface area contributed by atoms with Gasteiger partial charge in [0.05, 0.1) is 12.2 Å². The van der Waals surface area contributed by atoms with Crippen molar-refractivity contribution in [3.8, 4) is 18.1 Å². The molecule has 3 aromatic rings. The van der Waals surface area contributed by atoms with Crippen LogP contribution < -0.4 is 15.0 Å². The maximum Gasteiger partial charge on any atom is 0.255 e. The van der Waals surface area contributed by atoms with Crippen LogP contribution in [0.3, 0.4) is 0 Å². The van der Waals surface area contributed by atoms with Crippen LogP contribution in [0.15, 0.2) is 54.6 Å². The molecule has 6 rings (SSSR count). The fourth-order valence-corrected chi connectivity index (χ4v) is 5.91. The Hall–Kier alpha value is -4.75. The Bertz CT molecular complexity index is 1640. The van der Waals surface area contributed by atoms with Gasteiger partial charge in [-0.2, -0.15) is 0 Å². The molecule has 1 atom stereocenters. The van der Waals surface area contributed by atoms with Crippen LogP contribution in [-0.2, 0) is 29.3 Å². The predicted octanol–water partition coefficient (Wildman–Crippen LogP) is 3.61. The third kappa shape index (κ3) is 5.81. The Morgan fingerprint density at radius 1 is 0.977 bits per heavy atom. The smallest absolute Gasteiger partial charge is 0.255 e. The second kappa shape index (κ2) is 11.9. The molecule has 3 heterocycles. The van der Waals surface area contributed by atoms with Crippen molar-refractivity contribution in [3.05, 3.63) is 94.0 Å². The minimum Gasteiger partial charge on any atom is -0.488 e. The molecule has 3 aliphatic rings. The highest BCUT2D eigenvalue weighted by Gasteiger charge is 2.40. The lowest BCUT2D eigenvalue weighted by atomic mass is 10.0. The van der Waals surface area contributed by atoms with E-state index >= 15 is 4.39 Å². The molecular formula is C33H30F2N4O4. The molecule has 2 fully saturated rings. The summed E-state index contributed by atoms with van der Waals surface area (Å²) in [7, 11) is 0. The molecule has 10 heteroatoms. The molecule has 8 nitrogen and oxygen atoms in total. The van der Waals surface area contributed by atoms with Crippen LogP contribution in [0.2, 0.25) is 0 Å². The van der Waals surface area contributed by atoms with Crippen molar-refractivity contribution in [3.63, 3.8) is 0 Å². The van der Waals surface area contributed by atoms with Crippen LogP contribution in [-0.4, -0.2) is 59.7 Å². The van der Waals surface area contributed by atoms with Gasteiger partial charge in [-0.3, -0.25) is 24.6 Å². The van der Waals surface area contributed by atoms with E-state index in [4.69, 9.17) is 11.2 Å². The molecule has 0 saturated carbocycles. The van der Waals surface area contributed by atoms with E-state index in [1.165, 1.54) is 17.0 Å². The molecule has 220 valence electrons. The van der Waals surface area contributed by atoms with E-state index in [-0.39, 0.29) is 49.4 Å². The predicted molar refractivity (Wildman–Crippen MR) is 155 cm³/mol. The van der Waals surface area contributed by atoms with Crippen LogP contribution in [0.1, 0.15) is 45.5 Å². The van der Waals surface area contributed by atoms with Gasteiger partial charge in [-0.15, -0.1) is 6.42 Å². The number of hydrogen-bond acceptors (Lipinski definition) is 6. The van der Waals surface area contributed by atoms with Crippen molar-refractivity contribution in [1.29, 1.82) is 0 Å². The first-order valence-corrected chi connectivity index (χ1v) is 14.2. The van der Waals surface area contributed by atoms with Gasteiger partial charge in [0, 0.05) is 61.4 Å². The quantitative estimate of drug-likeness (QED) is 0.338. The summed E-state index contributed by atoms with van der Waals surface area (Å²) in [6.45, 7) is 3.41. The fraction of sp³-hybridized carbons (Fsp3) is 0.303. The van der Waals surface area contributed by atoms with Crippen molar-refractivity contribution in [2.24, 2.45) is 0 Å². The number of ether oxygens (including phenoxy) is 1. The SMILES string of the molecule is C#Cc1ccc(N2CCN(Cc3ccc(COc4cccc5c4CN(C4CCC(=O)NC4=O)C5=O)c(F)c3)CC2)c(F)c1. The molecule has 0 spiro atoms. The lowest BCUT2D eigenvalue weighted by Crippen LogP contribution is -2.52. The number of nitrogens with zero attached hydrogens (tertiary/aromatic N) is 3. The molecule has 0 aliphatic carbocycles. The van der Waals surface area contributed by atoms with Crippen molar-refractivity contribution >= 4 is 23.4 Å². The van der Waals surface area contributed by atoms with Gasteiger partial charge in [0.2, 0.25) is 11.8 Å². The fourth-order valence-electron chi connectivity index (χ4n) is 5.91. The zero-order chi connectivity index (χ0) is 30.1. The average Bonchev–Trinajstić information content (AvgIpc) is 3.33. The van der Waals surface area contributed by atoms with Crippen LogP contribution in [0.5, 0.6) is 5.75 Å². The van der Waals surface area contributed by atoms with Gasteiger partial charge in [0.25, 0.3) is 5.91 Å². The van der Waals surface area contributed by atoms with Crippen molar-refractivity contribution in [1.82, 2.24) is 15.1 Å². The number of carbonyl (C=O) groups is 3. The third-order valence-corrected chi connectivity index (χ3v) is 8.27. The first-order valence-electron chi connectivity index (χ1n) is 14.2. The molecule has 0 aromatic heterocycles. The Morgan fingerprint density at radius 3 is 2.51 bits per heavy atom. The standard InChI is InChI=1S/C33H30F2N4O4/c1-2-21-7-9-28(27(35)16-21)38-14-12-37(13-15-38)18-22-6-8-23(26(34)17-22)20-43-30-5-3-4-24-25(30)19-39(33(24)42)29-10-11-31(40)36-32(29)41/h1,3-9,16-17,29H,10-15,18-20H2,(H,36,40,41). The molecule has 3 aromatic carbocycles. The zero-order valence-electron chi connectivity index (χ0n) is 23.4. The Labute approximate surface area is 248 Å². The minimum atomic E-state index is -0.722. The van der Waals surface area contributed by atoms with Crippen molar-refractivity contribution in [2.75, 3.05) is 31.1 Å². The summed E-state index contributed by atoms with van der Waals surface area (Å²) in [6, 6.07) is 14.3. The number of rotatable bonds is 7. The van der Waals surface area contributed by atoms with Gasteiger partial charge in [0.15, 0.2) is 0 Å². The van der Waals surface area contributed by atoms with Gasteiger partial charge in [-0.25, -0.2) is 8.78 Å². The number of carbonyl (C=O) groups excluding carboxylic acids is 3. The third-order valence-electron chi connectivity index (χ3n) is 8.27. The minimum absolute atomic E-state index is 0.0299. The Balaban J connectivity index is 1.05. The molecule has 0 radical (unpaired) electrons. The average molecular weight is 585 g/mol. The van der Waals surface area contributed by atoms with E-state index in [1.807, 2.05) is 11.0 Å². The molecule has 1 N–H and O–H groups in total. The molecule has 1 unspecified atom stereocenters. The maximum absolute atomic E-state index is 15.1.